The summed E-state index contributed by atoms with van der Waals surface area (Å²) in [5.41, 5.74) is 4.55. The molecule has 0 amide bonds. The first-order chi connectivity index (χ1) is 10.0. The van der Waals surface area contributed by atoms with Crippen LogP contribution in [0.4, 0.5) is 5.69 Å². The van der Waals surface area contributed by atoms with E-state index in [4.69, 9.17) is 9.52 Å². The molecule has 3 rings (SSSR count). The summed E-state index contributed by atoms with van der Waals surface area (Å²) in [6.07, 6.45) is 2.22. The minimum atomic E-state index is -1.01. The lowest BCUT2D eigenvalue weighted by atomic mass is 9.99. The van der Waals surface area contributed by atoms with Crippen LogP contribution in [0.5, 0.6) is 0 Å². The summed E-state index contributed by atoms with van der Waals surface area (Å²) in [6, 6.07) is 8.33. The number of carboxylic acid groups (broad SMARTS) is 1. The molecule has 2 heterocycles. The van der Waals surface area contributed by atoms with Crippen molar-refractivity contribution in [2.45, 2.75) is 33.2 Å². The van der Waals surface area contributed by atoms with Gasteiger partial charge in [0.2, 0.25) is 5.76 Å². The normalized spacial score (nSPS) is 14.1. The third kappa shape index (κ3) is 2.66. The van der Waals surface area contributed by atoms with Crippen LogP contribution in [0.15, 0.2) is 28.7 Å². The average Bonchev–Trinajstić information content (AvgIpc) is 2.79. The first-order valence-electron chi connectivity index (χ1n) is 7.21. The minimum Gasteiger partial charge on any atom is -0.475 e. The number of nitrogens with zero attached hydrogens (tertiary/aromatic N) is 1. The average molecular weight is 285 g/mol. The Bertz CT molecular complexity index is 687. The molecule has 0 atom stereocenters. The van der Waals surface area contributed by atoms with Gasteiger partial charge in [-0.1, -0.05) is 17.7 Å². The molecule has 1 aliphatic heterocycles. The number of hydrogen-bond acceptors (Lipinski definition) is 3. The van der Waals surface area contributed by atoms with Crippen LogP contribution in [-0.2, 0) is 13.0 Å². The summed E-state index contributed by atoms with van der Waals surface area (Å²) >= 11 is 0. The van der Waals surface area contributed by atoms with Crippen molar-refractivity contribution in [2.24, 2.45) is 0 Å². The summed E-state index contributed by atoms with van der Waals surface area (Å²) in [7, 11) is 0. The monoisotopic (exact) mass is 285 g/mol. The summed E-state index contributed by atoms with van der Waals surface area (Å²) in [4.78, 5) is 13.3. The Kier molecular flexibility index (Phi) is 3.45. The first-order valence-corrected chi connectivity index (χ1v) is 7.21. The van der Waals surface area contributed by atoms with Crippen LogP contribution < -0.4 is 4.90 Å². The zero-order valence-corrected chi connectivity index (χ0v) is 12.3. The van der Waals surface area contributed by atoms with Gasteiger partial charge in [0, 0.05) is 17.8 Å². The van der Waals surface area contributed by atoms with Gasteiger partial charge in [-0.2, -0.15) is 0 Å². The fourth-order valence-corrected chi connectivity index (χ4v) is 2.99. The van der Waals surface area contributed by atoms with E-state index in [9.17, 15) is 4.79 Å². The minimum absolute atomic E-state index is 0.0474. The van der Waals surface area contributed by atoms with Gasteiger partial charge in [-0.25, -0.2) is 4.79 Å². The van der Waals surface area contributed by atoms with Gasteiger partial charge in [0.05, 0.1) is 6.54 Å². The van der Waals surface area contributed by atoms with E-state index in [0.29, 0.717) is 17.9 Å². The van der Waals surface area contributed by atoms with E-state index in [1.165, 1.54) is 16.8 Å². The number of carbonyl (C=O) groups is 1. The summed E-state index contributed by atoms with van der Waals surface area (Å²) in [5.74, 6) is -0.252. The quantitative estimate of drug-likeness (QED) is 0.937. The van der Waals surface area contributed by atoms with E-state index in [-0.39, 0.29) is 5.76 Å². The fraction of sp³-hybridized carbons (Fsp3) is 0.353. The van der Waals surface area contributed by atoms with Crippen molar-refractivity contribution in [3.05, 3.63) is 52.5 Å². The predicted octanol–water partition coefficient (Wildman–Crippen LogP) is 3.55. The third-order valence-corrected chi connectivity index (χ3v) is 3.96. The molecular formula is C17H19NO3. The molecule has 4 nitrogen and oxygen atoms in total. The number of carboxylic acids is 1. The van der Waals surface area contributed by atoms with Crippen molar-refractivity contribution >= 4 is 11.7 Å². The molecule has 1 aromatic heterocycles. The molecule has 4 heteroatoms. The van der Waals surface area contributed by atoms with E-state index in [2.05, 4.69) is 30.0 Å². The molecule has 0 aliphatic carbocycles. The van der Waals surface area contributed by atoms with Crippen LogP contribution in [0.2, 0.25) is 0 Å². The second-order valence-corrected chi connectivity index (χ2v) is 5.69. The molecule has 0 saturated heterocycles. The topological polar surface area (TPSA) is 53.7 Å². The molecule has 110 valence electrons. The van der Waals surface area contributed by atoms with Crippen molar-refractivity contribution in [1.82, 2.24) is 0 Å². The van der Waals surface area contributed by atoms with Crippen molar-refractivity contribution in [3.8, 4) is 0 Å². The molecular weight excluding hydrogens is 266 g/mol. The second-order valence-electron chi connectivity index (χ2n) is 5.69. The lowest BCUT2D eigenvalue weighted by Crippen LogP contribution is -2.28. The van der Waals surface area contributed by atoms with E-state index >= 15 is 0 Å². The highest BCUT2D eigenvalue weighted by molar-refractivity contribution is 5.86. The van der Waals surface area contributed by atoms with Gasteiger partial charge in [0.25, 0.3) is 0 Å². The van der Waals surface area contributed by atoms with Gasteiger partial charge in [-0.05, 0) is 44.4 Å². The smallest absolute Gasteiger partial charge is 0.372 e. The van der Waals surface area contributed by atoms with E-state index in [1.54, 1.807) is 6.92 Å². The lowest BCUT2D eigenvalue weighted by Gasteiger charge is -2.30. The third-order valence-electron chi connectivity index (χ3n) is 3.96. The largest absolute Gasteiger partial charge is 0.475 e. The zero-order valence-electron chi connectivity index (χ0n) is 12.3. The summed E-state index contributed by atoms with van der Waals surface area (Å²) in [5, 5.41) is 9.07. The molecule has 0 spiro atoms. The number of fused-ring (bicyclic) bond motifs is 1. The first kappa shape index (κ1) is 13.7. The number of benzene rings is 1. The van der Waals surface area contributed by atoms with Gasteiger partial charge < -0.3 is 14.4 Å². The van der Waals surface area contributed by atoms with Crippen LogP contribution in [0.25, 0.3) is 0 Å². The molecule has 0 saturated carbocycles. The Morgan fingerprint density at radius 3 is 2.86 bits per heavy atom. The van der Waals surface area contributed by atoms with Crippen molar-refractivity contribution in [2.75, 3.05) is 11.4 Å². The molecule has 1 aliphatic rings. The highest BCUT2D eigenvalue weighted by Crippen LogP contribution is 2.30. The standard InChI is InChI=1S/C17H19NO3/c1-11-5-6-15-13(8-11)4-3-7-18(15)10-14-9-12(2)16(21-14)17(19)20/h5-6,8-9H,3-4,7,10H2,1-2H3,(H,19,20). The SMILES string of the molecule is Cc1ccc2c(c1)CCCN2Cc1cc(C)c(C(=O)O)o1. The molecule has 0 radical (unpaired) electrons. The van der Waals surface area contributed by atoms with Crippen LogP contribution in [-0.4, -0.2) is 17.6 Å². The molecule has 0 bridgehead atoms. The number of rotatable bonds is 3. The van der Waals surface area contributed by atoms with Gasteiger partial charge in [-0.3, -0.25) is 0 Å². The Balaban J connectivity index is 1.87. The van der Waals surface area contributed by atoms with E-state index < -0.39 is 5.97 Å². The molecule has 0 fully saturated rings. The van der Waals surface area contributed by atoms with Gasteiger partial charge >= 0.3 is 5.97 Å². The second kappa shape index (κ2) is 5.28. The summed E-state index contributed by atoms with van der Waals surface area (Å²) < 4.78 is 5.48. The van der Waals surface area contributed by atoms with Crippen molar-refractivity contribution in [3.63, 3.8) is 0 Å². The zero-order chi connectivity index (χ0) is 15.0. The van der Waals surface area contributed by atoms with Crippen LogP contribution >= 0.6 is 0 Å². The van der Waals surface area contributed by atoms with Crippen LogP contribution in [0, 0.1) is 13.8 Å². The molecule has 2 aromatic rings. The molecule has 1 N–H and O–H groups in total. The number of aryl methyl sites for hydroxylation is 3. The van der Waals surface area contributed by atoms with Crippen molar-refractivity contribution < 1.29 is 14.3 Å². The molecule has 0 unspecified atom stereocenters. The Labute approximate surface area is 124 Å². The Hall–Kier alpha value is -2.23. The maximum Gasteiger partial charge on any atom is 0.372 e. The fourth-order valence-electron chi connectivity index (χ4n) is 2.99. The van der Waals surface area contributed by atoms with Gasteiger partial charge in [-0.15, -0.1) is 0 Å². The maximum absolute atomic E-state index is 11.1. The Morgan fingerprint density at radius 1 is 1.33 bits per heavy atom. The predicted molar refractivity (Wildman–Crippen MR) is 81.0 cm³/mol. The van der Waals surface area contributed by atoms with Gasteiger partial charge in [0.1, 0.15) is 5.76 Å². The number of hydrogen-bond donors (Lipinski definition) is 1. The van der Waals surface area contributed by atoms with E-state index in [0.717, 1.165) is 19.4 Å². The van der Waals surface area contributed by atoms with E-state index in [1.807, 2.05) is 6.07 Å². The lowest BCUT2D eigenvalue weighted by molar-refractivity contribution is 0.0659. The maximum atomic E-state index is 11.1. The van der Waals surface area contributed by atoms with Crippen molar-refractivity contribution in [1.29, 1.82) is 0 Å². The number of anilines is 1. The molecule has 1 aromatic carbocycles. The van der Waals surface area contributed by atoms with Crippen LogP contribution in [0.3, 0.4) is 0 Å². The molecule has 21 heavy (non-hydrogen) atoms. The number of furan rings is 1. The summed E-state index contributed by atoms with van der Waals surface area (Å²) in [6.45, 7) is 5.46. The highest BCUT2D eigenvalue weighted by atomic mass is 16.4. The Morgan fingerprint density at radius 2 is 2.14 bits per heavy atom. The van der Waals surface area contributed by atoms with Crippen LogP contribution in [0.1, 0.15) is 39.4 Å². The highest BCUT2D eigenvalue weighted by Gasteiger charge is 2.20. The van der Waals surface area contributed by atoms with Gasteiger partial charge in [0.15, 0.2) is 0 Å². The number of aromatic carboxylic acids is 1.